The highest BCUT2D eigenvalue weighted by molar-refractivity contribution is 5.83. The molecule has 2 heterocycles. The minimum Gasteiger partial charge on any atom is -0.394 e. The smallest absolute Gasteiger partial charge is 0.227 e. The fourth-order valence-electron chi connectivity index (χ4n) is 3.46. The molecule has 26 heavy (non-hydrogen) atoms. The molecule has 138 valence electrons. The van der Waals surface area contributed by atoms with E-state index in [1.165, 1.54) is 0 Å². The number of aliphatic hydroxyl groups excluding tert-OH is 1. The number of aliphatic hydroxyl groups is 1. The largest absolute Gasteiger partial charge is 0.394 e. The molecule has 1 fully saturated rings. The monoisotopic (exact) mass is 354 g/mol. The molecule has 0 radical (unpaired) electrons. The zero-order valence-electron chi connectivity index (χ0n) is 15.1. The predicted octanol–water partition coefficient (Wildman–Crippen LogP) is 2.58. The average molecular weight is 354 g/mol. The first-order chi connectivity index (χ1) is 12.6. The quantitative estimate of drug-likeness (QED) is 0.836. The van der Waals surface area contributed by atoms with Gasteiger partial charge in [0.05, 0.1) is 12.0 Å². The Balaban J connectivity index is 1.84. The van der Waals surface area contributed by atoms with Gasteiger partial charge in [-0.25, -0.2) is 0 Å². The van der Waals surface area contributed by atoms with E-state index >= 15 is 0 Å². The molecule has 1 aromatic carbocycles. The number of hydrogen-bond donors (Lipinski definition) is 2. The van der Waals surface area contributed by atoms with E-state index in [1.807, 2.05) is 25.1 Å². The van der Waals surface area contributed by atoms with Crippen molar-refractivity contribution < 1.29 is 14.6 Å². The molecule has 2 aromatic rings. The van der Waals surface area contributed by atoms with Crippen molar-refractivity contribution in [3.63, 3.8) is 0 Å². The second kappa shape index (κ2) is 8.43. The van der Waals surface area contributed by atoms with Crippen LogP contribution in [0.1, 0.15) is 25.3 Å². The van der Waals surface area contributed by atoms with Crippen molar-refractivity contribution in [3.8, 4) is 11.1 Å². The number of amides is 1. The van der Waals surface area contributed by atoms with E-state index in [0.29, 0.717) is 32.5 Å². The van der Waals surface area contributed by atoms with E-state index in [2.05, 4.69) is 28.5 Å². The highest BCUT2D eigenvalue weighted by atomic mass is 16.5. The SMILES string of the molecule is C[C@@H](CO)NC(=O)C1(Cc2cccc(-c3ccncc3)c2)CCOCC1. The number of pyridine rings is 1. The molecule has 2 N–H and O–H groups in total. The van der Waals surface area contributed by atoms with Crippen LogP contribution in [0.15, 0.2) is 48.8 Å². The minimum absolute atomic E-state index is 0.0108. The summed E-state index contributed by atoms with van der Waals surface area (Å²) < 4.78 is 5.50. The first-order valence-electron chi connectivity index (χ1n) is 9.12. The third-order valence-electron chi connectivity index (χ3n) is 5.07. The van der Waals surface area contributed by atoms with E-state index in [1.54, 1.807) is 12.4 Å². The van der Waals surface area contributed by atoms with Crippen LogP contribution < -0.4 is 5.32 Å². The zero-order chi connectivity index (χ0) is 18.4. The first-order valence-corrected chi connectivity index (χ1v) is 9.12. The van der Waals surface area contributed by atoms with Crippen LogP contribution >= 0.6 is 0 Å². The summed E-state index contributed by atoms with van der Waals surface area (Å²) in [5.74, 6) is 0.0108. The van der Waals surface area contributed by atoms with Crippen molar-refractivity contribution in [2.24, 2.45) is 5.41 Å². The van der Waals surface area contributed by atoms with Crippen molar-refractivity contribution in [3.05, 3.63) is 54.4 Å². The van der Waals surface area contributed by atoms with Gasteiger partial charge in [-0.3, -0.25) is 9.78 Å². The Labute approximate surface area is 154 Å². The highest BCUT2D eigenvalue weighted by Gasteiger charge is 2.40. The van der Waals surface area contributed by atoms with Gasteiger partial charge in [0.2, 0.25) is 5.91 Å². The lowest BCUT2D eigenvalue weighted by atomic mass is 9.74. The summed E-state index contributed by atoms with van der Waals surface area (Å²) in [6.07, 6.45) is 5.61. The van der Waals surface area contributed by atoms with Gasteiger partial charge < -0.3 is 15.2 Å². The standard InChI is InChI=1S/C21H26N2O3/c1-16(15-24)23-20(25)21(7-11-26-12-8-21)14-17-3-2-4-19(13-17)18-5-9-22-10-6-18/h2-6,9-10,13,16,24H,7-8,11-12,14-15H2,1H3,(H,23,25)/t16-/m0/s1. The Morgan fingerprint density at radius 1 is 1.23 bits per heavy atom. The minimum atomic E-state index is -0.488. The van der Waals surface area contributed by atoms with Crippen molar-refractivity contribution >= 4 is 5.91 Å². The number of carbonyl (C=O) groups is 1. The molecule has 0 bridgehead atoms. The van der Waals surface area contributed by atoms with Crippen LogP contribution in [0, 0.1) is 5.41 Å². The summed E-state index contributed by atoms with van der Waals surface area (Å²) in [6.45, 7) is 2.93. The third kappa shape index (κ3) is 4.29. The Morgan fingerprint density at radius 3 is 2.65 bits per heavy atom. The molecule has 1 aliphatic heterocycles. The van der Waals surface area contributed by atoms with Crippen LogP contribution in [0.25, 0.3) is 11.1 Å². The summed E-state index contributed by atoms with van der Waals surface area (Å²) in [4.78, 5) is 17.0. The third-order valence-corrected chi connectivity index (χ3v) is 5.07. The zero-order valence-corrected chi connectivity index (χ0v) is 15.1. The number of ether oxygens (including phenoxy) is 1. The lowest BCUT2D eigenvalue weighted by molar-refractivity contribution is -0.137. The van der Waals surface area contributed by atoms with E-state index in [9.17, 15) is 9.90 Å². The maximum absolute atomic E-state index is 13.0. The predicted molar refractivity (Wildman–Crippen MR) is 101 cm³/mol. The van der Waals surface area contributed by atoms with Gasteiger partial charge in [-0.1, -0.05) is 24.3 Å². The molecule has 1 saturated heterocycles. The van der Waals surface area contributed by atoms with Crippen molar-refractivity contribution in [1.82, 2.24) is 10.3 Å². The van der Waals surface area contributed by atoms with Crippen molar-refractivity contribution in [1.29, 1.82) is 0 Å². The van der Waals surface area contributed by atoms with E-state index < -0.39 is 5.41 Å². The number of nitrogens with zero attached hydrogens (tertiary/aromatic N) is 1. The van der Waals surface area contributed by atoms with Crippen LogP contribution in [-0.2, 0) is 16.0 Å². The number of nitrogens with one attached hydrogen (secondary N) is 1. The highest BCUT2D eigenvalue weighted by Crippen LogP contribution is 2.35. The fourth-order valence-corrected chi connectivity index (χ4v) is 3.46. The Morgan fingerprint density at radius 2 is 1.96 bits per heavy atom. The number of hydrogen-bond acceptors (Lipinski definition) is 4. The van der Waals surface area contributed by atoms with Crippen molar-refractivity contribution in [2.75, 3.05) is 19.8 Å². The second-order valence-corrected chi connectivity index (χ2v) is 7.06. The molecule has 1 aliphatic rings. The lowest BCUT2D eigenvalue weighted by Gasteiger charge is -2.36. The van der Waals surface area contributed by atoms with E-state index in [4.69, 9.17) is 4.74 Å². The second-order valence-electron chi connectivity index (χ2n) is 7.06. The van der Waals surface area contributed by atoms with Gasteiger partial charge in [0.1, 0.15) is 0 Å². The van der Waals surface area contributed by atoms with E-state index in [-0.39, 0.29) is 18.6 Å². The lowest BCUT2D eigenvalue weighted by Crippen LogP contribution is -2.49. The first kappa shape index (κ1) is 18.5. The summed E-state index contributed by atoms with van der Waals surface area (Å²) >= 11 is 0. The summed E-state index contributed by atoms with van der Waals surface area (Å²) in [5, 5.41) is 12.2. The molecule has 0 unspecified atom stereocenters. The van der Waals surface area contributed by atoms with Crippen LogP contribution in [0.4, 0.5) is 0 Å². The normalized spacial score (nSPS) is 17.5. The topological polar surface area (TPSA) is 71.5 Å². The molecule has 0 spiro atoms. The number of rotatable bonds is 6. The Kier molecular flexibility index (Phi) is 6.01. The molecule has 0 aliphatic carbocycles. The Hall–Kier alpha value is -2.24. The molecule has 1 atom stereocenters. The molecular formula is C21H26N2O3. The number of aromatic nitrogens is 1. The molecule has 0 saturated carbocycles. The average Bonchev–Trinajstić information content (AvgIpc) is 2.69. The van der Waals surface area contributed by atoms with Gasteiger partial charge in [-0.2, -0.15) is 0 Å². The molecular weight excluding hydrogens is 328 g/mol. The van der Waals surface area contributed by atoms with Crippen LogP contribution in [0.2, 0.25) is 0 Å². The van der Waals surface area contributed by atoms with Gasteiger partial charge in [-0.15, -0.1) is 0 Å². The van der Waals surface area contributed by atoms with Crippen LogP contribution in [0.3, 0.4) is 0 Å². The van der Waals surface area contributed by atoms with Gasteiger partial charge in [0.25, 0.3) is 0 Å². The fraction of sp³-hybridized carbons (Fsp3) is 0.429. The van der Waals surface area contributed by atoms with Gasteiger partial charge in [0.15, 0.2) is 0 Å². The van der Waals surface area contributed by atoms with Crippen LogP contribution in [-0.4, -0.2) is 41.9 Å². The maximum Gasteiger partial charge on any atom is 0.227 e. The van der Waals surface area contributed by atoms with Gasteiger partial charge in [-0.05, 0) is 55.0 Å². The molecule has 1 aromatic heterocycles. The van der Waals surface area contributed by atoms with Gasteiger partial charge >= 0.3 is 0 Å². The Bertz CT molecular complexity index is 727. The molecule has 5 heteroatoms. The molecule has 5 nitrogen and oxygen atoms in total. The van der Waals surface area contributed by atoms with E-state index in [0.717, 1.165) is 16.7 Å². The number of carbonyl (C=O) groups excluding carboxylic acids is 1. The maximum atomic E-state index is 13.0. The summed E-state index contributed by atoms with van der Waals surface area (Å²) in [7, 11) is 0. The van der Waals surface area contributed by atoms with Gasteiger partial charge in [0, 0.05) is 31.6 Å². The summed E-state index contributed by atoms with van der Waals surface area (Å²) in [6, 6.07) is 12.1. The summed E-state index contributed by atoms with van der Waals surface area (Å²) in [5.41, 5.74) is 2.88. The molecule has 3 rings (SSSR count). The molecule has 1 amide bonds. The number of benzene rings is 1. The van der Waals surface area contributed by atoms with Crippen LogP contribution in [0.5, 0.6) is 0 Å². The van der Waals surface area contributed by atoms with Crippen molar-refractivity contribution in [2.45, 2.75) is 32.2 Å².